The number of benzene rings is 2. The Balaban J connectivity index is 1.32. The van der Waals surface area contributed by atoms with Crippen LogP contribution < -0.4 is 10.1 Å². The van der Waals surface area contributed by atoms with E-state index in [1.165, 1.54) is 12.1 Å². The van der Waals surface area contributed by atoms with Crippen LogP contribution in [0.15, 0.2) is 54.6 Å². The highest BCUT2D eigenvalue weighted by Crippen LogP contribution is 2.42. The van der Waals surface area contributed by atoms with Crippen molar-refractivity contribution in [2.24, 2.45) is 5.92 Å². The molecule has 1 amide bonds. The molecule has 2 bridgehead atoms. The molecule has 2 aliphatic rings. The van der Waals surface area contributed by atoms with Crippen molar-refractivity contribution < 1.29 is 22.7 Å². The third kappa shape index (κ3) is 4.61. The Kier molecular flexibility index (Phi) is 5.99. The predicted octanol–water partition coefficient (Wildman–Crippen LogP) is 4.25. The number of para-hydroxylation sites is 1. The van der Waals surface area contributed by atoms with Crippen LogP contribution in [0.4, 0.5) is 13.2 Å². The van der Waals surface area contributed by atoms with Gasteiger partial charge in [0, 0.05) is 19.1 Å². The molecule has 2 aromatic rings. The van der Waals surface area contributed by atoms with Crippen molar-refractivity contribution in [3.8, 4) is 5.75 Å². The average Bonchev–Trinajstić information content (AvgIpc) is 3.34. The summed E-state index contributed by atoms with van der Waals surface area (Å²) in [7, 11) is 0. The van der Waals surface area contributed by atoms with E-state index in [-0.39, 0.29) is 18.5 Å². The minimum Gasteiger partial charge on any atom is -0.492 e. The molecular formula is C23H25F3N2O2. The van der Waals surface area contributed by atoms with Gasteiger partial charge in [-0.1, -0.05) is 30.3 Å². The van der Waals surface area contributed by atoms with Crippen molar-refractivity contribution in [3.05, 3.63) is 65.7 Å². The maximum absolute atomic E-state index is 12.9. The maximum atomic E-state index is 12.9. The number of carbonyl (C=O) groups is 1. The summed E-state index contributed by atoms with van der Waals surface area (Å²) in [6.45, 7) is 1.41. The molecule has 7 heteroatoms. The summed E-state index contributed by atoms with van der Waals surface area (Å²) in [6, 6.07) is 14.7. The van der Waals surface area contributed by atoms with Gasteiger partial charge in [0.15, 0.2) is 0 Å². The lowest BCUT2D eigenvalue weighted by atomic mass is 9.97. The number of nitrogens with zero attached hydrogens (tertiary/aromatic N) is 1. The number of rotatable bonds is 7. The molecule has 3 unspecified atom stereocenters. The zero-order valence-electron chi connectivity index (χ0n) is 16.6. The SMILES string of the molecule is O=C(NCc1ccc(C(F)(F)F)cc1)C1C2CCC(C2)N1CCOc1ccccc1. The van der Waals surface area contributed by atoms with Gasteiger partial charge in [-0.15, -0.1) is 0 Å². The van der Waals surface area contributed by atoms with Gasteiger partial charge in [-0.25, -0.2) is 0 Å². The number of fused-ring (bicyclic) bond motifs is 2. The van der Waals surface area contributed by atoms with E-state index in [4.69, 9.17) is 4.74 Å². The van der Waals surface area contributed by atoms with Crippen LogP contribution in [0.2, 0.25) is 0 Å². The second-order valence-corrected chi connectivity index (χ2v) is 7.98. The summed E-state index contributed by atoms with van der Waals surface area (Å²) >= 11 is 0. The Labute approximate surface area is 174 Å². The second kappa shape index (κ2) is 8.68. The first-order valence-corrected chi connectivity index (χ1v) is 10.3. The molecule has 1 heterocycles. The number of alkyl halides is 3. The molecule has 160 valence electrons. The molecule has 1 aliphatic carbocycles. The first-order valence-electron chi connectivity index (χ1n) is 10.3. The minimum absolute atomic E-state index is 0.0539. The van der Waals surface area contributed by atoms with E-state index in [0.717, 1.165) is 37.1 Å². The summed E-state index contributed by atoms with van der Waals surface area (Å²) in [4.78, 5) is 15.1. The second-order valence-electron chi connectivity index (χ2n) is 7.98. The lowest BCUT2D eigenvalue weighted by Crippen LogP contribution is -2.51. The Hall–Kier alpha value is -2.54. The van der Waals surface area contributed by atoms with Crippen molar-refractivity contribution in [3.63, 3.8) is 0 Å². The normalized spacial score (nSPS) is 23.5. The molecule has 0 spiro atoms. The molecule has 0 radical (unpaired) electrons. The van der Waals surface area contributed by atoms with Gasteiger partial charge >= 0.3 is 6.18 Å². The van der Waals surface area contributed by atoms with Crippen LogP contribution in [-0.2, 0) is 17.5 Å². The Bertz CT molecular complexity index is 855. The van der Waals surface area contributed by atoms with Crippen molar-refractivity contribution in [2.45, 2.75) is 44.1 Å². The molecular weight excluding hydrogens is 393 g/mol. The highest BCUT2D eigenvalue weighted by molar-refractivity contribution is 5.82. The monoisotopic (exact) mass is 418 g/mol. The Morgan fingerprint density at radius 2 is 1.80 bits per heavy atom. The van der Waals surface area contributed by atoms with Crippen LogP contribution >= 0.6 is 0 Å². The fraction of sp³-hybridized carbons (Fsp3) is 0.435. The van der Waals surface area contributed by atoms with Crippen LogP contribution in [0.3, 0.4) is 0 Å². The summed E-state index contributed by atoms with van der Waals surface area (Å²) in [5, 5.41) is 2.92. The van der Waals surface area contributed by atoms with Crippen LogP contribution in [0, 0.1) is 5.92 Å². The third-order valence-corrected chi connectivity index (χ3v) is 6.10. The predicted molar refractivity (Wildman–Crippen MR) is 107 cm³/mol. The van der Waals surface area contributed by atoms with Crippen LogP contribution in [0.25, 0.3) is 0 Å². The molecule has 1 saturated carbocycles. The largest absolute Gasteiger partial charge is 0.492 e. The molecule has 2 fully saturated rings. The lowest BCUT2D eigenvalue weighted by Gasteiger charge is -2.34. The molecule has 4 nitrogen and oxygen atoms in total. The molecule has 0 aromatic heterocycles. The summed E-state index contributed by atoms with van der Waals surface area (Å²) in [5.74, 6) is 1.09. The fourth-order valence-corrected chi connectivity index (χ4v) is 4.65. The van der Waals surface area contributed by atoms with Gasteiger partial charge in [-0.2, -0.15) is 13.2 Å². The molecule has 30 heavy (non-hydrogen) atoms. The van der Waals surface area contributed by atoms with Crippen molar-refractivity contribution in [1.82, 2.24) is 10.2 Å². The van der Waals surface area contributed by atoms with Gasteiger partial charge in [-0.3, -0.25) is 9.69 Å². The number of carbonyl (C=O) groups excluding carboxylic acids is 1. The number of amides is 1. The molecule has 4 rings (SSSR count). The number of nitrogens with one attached hydrogen (secondary N) is 1. The minimum atomic E-state index is -4.35. The van der Waals surface area contributed by atoms with Gasteiger partial charge in [0.05, 0.1) is 11.6 Å². The van der Waals surface area contributed by atoms with E-state index in [0.29, 0.717) is 30.7 Å². The highest BCUT2D eigenvalue weighted by Gasteiger charge is 2.48. The third-order valence-electron chi connectivity index (χ3n) is 6.10. The molecule has 1 aliphatic heterocycles. The van der Waals surface area contributed by atoms with Gasteiger partial charge in [-0.05, 0) is 55.0 Å². The molecule has 2 aromatic carbocycles. The van der Waals surface area contributed by atoms with Crippen molar-refractivity contribution >= 4 is 5.91 Å². The highest BCUT2D eigenvalue weighted by atomic mass is 19.4. The summed E-state index contributed by atoms with van der Waals surface area (Å²) < 4.78 is 43.9. The number of hydrogen-bond acceptors (Lipinski definition) is 3. The zero-order chi connectivity index (χ0) is 21.1. The Morgan fingerprint density at radius 1 is 1.07 bits per heavy atom. The first kappa shape index (κ1) is 20.7. The van der Waals surface area contributed by atoms with E-state index in [1.54, 1.807) is 0 Å². The fourth-order valence-electron chi connectivity index (χ4n) is 4.65. The van der Waals surface area contributed by atoms with E-state index in [1.807, 2.05) is 30.3 Å². The van der Waals surface area contributed by atoms with Crippen LogP contribution in [0.1, 0.15) is 30.4 Å². The number of piperidine rings is 1. The van der Waals surface area contributed by atoms with E-state index in [9.17, 15) is 18.0 Å². The van der Waals surface area contributed by atoms with Gasteiger partial charge in [0.2, 0.25) is 5.91 Å². The van der Waals surface area contributed by atoms with Gasteiger partial charge in [0.1, 0.15) is 12.4 Å². The Morgan fingerprint density at radius 3 is 2.50 bits per heavy atom. The van der Waals surface area contributed by atoms with Crippen LogP contribution in [-0.4, -0.2) is 36.0 Å². The van der Waals surface area contributed by atoms with E-state index in [2.05, 4.69) is 10.2 Å². The smallest absolute Gasteiger partial charge is 0.416 e. The number of ether oxygens (including phenoxy) is 1. The number of hydrogen-bond donors (Lipinski definition) is 1. The quantitative estimate of drug-likeness (QED) is 0.731. The van der Waals surface area contributed by atoms with Gasteiger partial charge in [0.25, 0.3) is 0 Å². The molecule has 1 saturated heterocycles. The van der Waals surface area contributed by atoms with Crippen molar-refractivity contribution in [2.75, 3.05) is 13.2 Å². The molecule has 1 N–H and O–H groups in total. The van der Waals surface area contributed by atoms with Gasteiger partial charge < -0.3 is 10.1 Å². The average molecular weight is 418 g/mol. The zero-order valence-corrected chi connectivity index (χ0v) is 16.6. The number of halogens is 3. The molecule has 3 atom stereocenters. The van der Waals surface area contributed by atoms with E-state index >= 15 is 0 Å². The van der Waals surface area contributed by atoms with Crippen LogP contribution in [0.5, 0.6) is 5.75 Å². The van der Waals surface area contributed by atoms with E-state index < -0.39 is 11.7 Å². The maximum Gasteiger partial charge on any atom is 0.416 e. The first-order chi connectivity index (χ1) is 14.4. The topological polar surface area (TPSA) is 41.6 Å². The lowest BCUT2D eigenvalue weighted by molar-refractivity contribution is -0.137. The summed E-state index contributed by atoms with van der Waals surface area (Å²) in [6.07, 6.45) is -1.20. The summed E-state index contributed by atoms with van der Waals surface area (Å²) in [5.41, 5.74) is -0.0336. The van der Waals surface area contributed by atoms with Crippen molar-refractivity contribution in [1.29, 1.82) is 0 Å². The number of likely N-dealkylation sites (tertiary alicyclic amines) is 1. The standard InChI is InChI=1S/C23H25F3N2O2/c24-23(25,26)18-9-6-16(7-10-18)15-27-22(29)21-17-8-11-19(14-17)28(21)12-13-30-20-4-2-1-3-5-20/h1-7,9-10,17,19,21H,8,11-15H2,(H,27,29).